The summed E-state index contributed by atoms with van der Waals surface area (Å²) in [6.45, 7) is 3.83. The average molecular weight is 439 g/mol. The molecule has 2 aromatic carbocycles. The Morgan fingerprint density at radius 2 is 1.59 bits per heavy atom. The summed E-state index contributed by atoms with van der Waals surface area (Å²) in [4.78, 5) is 35.8. The molecule has 0 spiro atoms. The number of amides is 2. The van der Waals surface area contributed by atoms with Gasteiger partial charge in [-0.15, -0.1) is 0 Å². The molecule has 0 heterocycles. The zero-order chi connectivity index (χ0) is 23.1. The molecule has 2 atom stereocenters. The van der Waals surface area contributed by atoms with Crippen LogP contribution in [0.3, 0.4) is 0 Å². The molecular formula is C25H30N2O5. The maximum absolute atomic E-state index is 12.3. The number of benzene rings is 2. The van der Waals surface area contributed by atoms with Gasteiger partial charge in [0.2, 0.25) is 5.91 Å². The van der Waals surface area contributed by atoms with E-state index in [4.69, 9.17) is 4.74 Å². The van der Waals surface area contributed by atoms with E-state index in [0.717, 1.165) is 28.7 Å². The topological polar surface area (TPSA) is 105 Å². The van der Waals surface area contributed by atoms with Crippen molar-refractivity contribution in [2.75, 3.05) is 6.61 Å². The van der Waals surface area contributed by atoms with Crippen LogP contribution < -0.4 is 10.6 Å². The molecular weight excluding hydrogens is 408 g/mol. The summed E-state index contributed by atoms with van der Waals surface area (Å²) in [5.74, 6) is -1.51. The number of unbranched alkanes of at least 4 members (excludes halogenated alkanes) is 1. The van der Waals surface area contributed by atoms with E-state index in [-0.39, 0.29) is 18.9 Å². The molecule has 0 radical (unpaired) electrons. The Labute approximate surface area is 188 Å². The minimum atomic E-state index is -1.05. The van der Waals surface area contributed by atoms with Crippen LogP contribution in [0, 0.1) is 0 Å². The minimum Gasteiger partial charge on any atom is -0.480 e. The van der Waals surface area contributed by atoms with E-state index in [1.165, 1.54) is 0 Å². The molecule has 7 heteroatoms. The Balaban J connectivity index is 1.51. The third kappa shape index (κ3) is 5.66. The van der Waals surface area contributed by atoms with Crippen molar-refractivity contribution in [1.82, 2.24) is 10.6 Å². The van der Waals surface area contributed by atoms with Crippen molar-refractivity contribution < 1.29 is 24.2 Å². The Morgan fingerprint density at radius 1 is 1.00 bits per heavy atom. The third-order valence-electron chi connectivity index (χ3n) is 5.68. The maximum atomic E-state index is 12.3. The highest BCUT2D eigenvalue weighted by molar-refractivity contribution is 5.84. The Morgan fingerprint density at radius 3 is 2.16 bits per heavy atom. The lowest BCUT2D eigenvalue weighted by atomic mass is 9.98. The summed E-state index contributed by atoms with van der Waals surface area (Å²) in [6, 6.07) is 14.8. The molecule has 0 fully saturated rings. The van der Waals surface area contributed by atoms with E-state index in [9.17, 15) is 19.5 Å². The van der Waals surface area contributed by atoms with Crippen LogP contribution in [-0.2, 0) is 14.3 Å². The first-order valence-corrected chi connectivity index (χ1v) is 11.0. The van der Waals surface area contributed by atoms with E-state index < -0.39 is 30.1 Å². The van der Waals surface area contributed by atoms with E-state index in [1.807, 2.05) is 43.3 Å². The van der Waals surface area contributed by atoms with Crippen molar-refractivity contribution in [2.45, 2.75) is 57.5 Å². The minimum absolute atomic E-state index is 0.0277. The van der Waals surface area contributed by atoms with Gasteiger partial charge in [-0.25, -0.2) is 9.59 Å². The van der Waals surface area contributed by atoms with Crippen LogP contribution in [0.4, 0.5) is 4.79 Å². The normalized spacial score (nSPS) is 14.1. The number of carbonyl (C=O) groups excluding carboxylic acids is 2. The van der Waals surface area contributed by atoms with E-state index in [0.29, 0.717) is 12.8 Å². The van der Waals surface area contributed by atoms with Crippen molar-refractivity contribution in [3.63, 3.8) is 0 Å². The maximum Gasteiger partial charge on any atom is 0.407 e. The largest absolute Gasteiger partial charge is 0.480 e. The zero-order valence-corrected chi connectivity index (χ0v) is 18.5. The number of carboxylic acids is 1. The molecule has 170 valence electrons. The molecule has 0 aromatic heterocycles. The van der Waals surface area contributed by atoms with Gasteiger partial charge in [-0.3, -0.25) is 4.79 Å². The second-order valence-corrected chi connectivity index (χ2v) is 8.18. The van der Waals surface area contributed by atoms with Crippen molar-refractivity contribution in [3.05, 3.63) is 59.7 Å². The van der Waals surface area contributed by atoms with Gasteiger partial charge in [0.05, 0.1) is 0 Å². The second kappa shape index (κ2) is 10.8. The molecule has 3 N–H and O–H groups in total. The lowest BCUT2D eigenvalue weighted by molar-refractivity contribution is -0.142. The number of carboxylic acid groups (broad SMARTS) is 1. The lowest BCUT2D eigenvalue weighted by Gasteiger charge is -2.18. The summed E-state index contributed by atoms with van der Waals surface area (Å²) in [7, 11) is 0. The number of hydrogen-bond donors (Lipinski definition) is 3. The highest BCUT2D eigenvalue weighted by Gasteiger charge is 2.29. The Kier molecular flexibility index (Phi) is 7.87. The summed E-state index contributed by atoms with van der Waals surface area (Å²) >= 11 is 0. The molecule has 1 aliphatic rings. The first kappa shape index (κ1) is 23.3. The molecule has 7 nitrogen and oxygen atoms in total. The number of hydrogen-bond acceptors (Lipinski definition) is 4. The first-order chi connectivity index (χ1) is 15.4. The van der Waals surface area contributed by atoms with Crippen LogP contribution in [0.15, 0.2) is 48.5 Å². The van der Waals surface area contributed by atoms with Gasteiger partial charge in [0.25, 0.3) is 0 Å². The van der Waals surface area contributed by atoms with Crippen LogP contribution in [0.1, 0.15) is 56.6 Å². The van der Waals surface area contributed by atoms with Crippen LogP contribution in [0.5, 0.6) is 0 Å². The monoisotopic (exact) mass is 438 g/mol. The highest BCUT2D eigenvalue weighted by atomic mass is 16.5. The van der Waals surface area contributed by atoms with Crippen molar-refractivity contribution in [3.8, 4) is 11.1 Å². The predicted molar refractivity (Wildman–Crippen MR) is 121 cm³/mol. The van der Waals surface area contributed by atoms with Crippen molar-refractivity contribution in [2.24, 2.45) is 0 Å². The molecule has 3 rings (SSSR count). The molecule has 1 unspecified atom stereocenters. The van der Waals surface area contributed by atoms with Crippen LogP contribution in [0.2, 0.25) is 0 Å². The number of alkyl carbamates (subject to hydrolysis) is 1. The number of aliphatic carboxylic acids is 1. The summed E-state index contributed by atoms with van der Waals surface area (Å²) in [5, 5.41) is 14.4. The van der Waals surface area contributed by atoms with Crippen LogP contribution in [-0.4, -0.2) is 41.8 Å². The van der Waals surface area contributed by atoms with Gasteiger partial charge in [-0.2, -0.15) is 0 Å². The number of fused-ring (bicyclic) bond motifs is 3. The number of carbonyl (C=O) groups is 3. The first-order valence-electron chi connectivity index (χ1n) is 11.0. The van der Waals surface area contributed by atoms with Crippen molar-refractivity contribution >= 4 is 18.0 Å². The fraction of sp³-hybridized carbons (Fsp3) is 0.400. The molecule has 0 bridgehead atoms. The standard InChI is InChI=1S/C25H30N2O5/c1-3-4-13-22(24(29)30)27-23(28)14-16(2)26-25(31)32-15-21-19-11-7-5-9-17(19)18-10-6-8-12-20(18)21/h5-12,16,21-22H,3-4,13-15H2,1-2H3,(H,26,31)(H,27,28)(H,29,30)/t16-,22?/m0/s1. The van der Waals surface area contributed by atoms with Gasteiger partial charge in [-0.1, -0.05) is 68.3 Å². The van der Waals surface area contributed by atoms with Gasteiger partial charge in [-0.05, 0) is 35.6 Å². The van der Waals surface area contributed by atoms with E-state index in [2.05, 4.69) is 22.8 Å². The molecule has 0 saturated heterocycles. The third-order valence-corrected chi connectivity index (χ3v) is 5.68. The van der Waals surface area contributed by atoms with Crippen molar-refractivity contribution in [1.29, 1.82) is 0 Å². The number of ether oxygens (including phenoxy) is 1. The molecule has 32 heavy (non-hydrogen) atoms. The Bertz CT molecular complexity index is 929. The summed E-state index contributed by atoms with van der Waals surface area (Å²) < 4.78 is 5.49. The Hall–Kier alpha value is -3.35. The fourth-order valence-corrected chi connectivity index (χ4v) is 4.09. The summed E-state index contributed by atoms with van der Waals surface area (Å²) in [5.41, 5.74) is 4.55. The number of nitrogens with one attached hydrogen (secondary N) is 2. The van der Waals surface area contributed by atoms with Crippen LogP contribution in [0.25, 0.3) is 11.1 Å². The van der Waals surface area contributed by atoms with Gasteiger partial charge in [0, 0.05) is 18.4 Å². The average Bonchev–Trinajstić information content (AvgIpc) is 3.08. The zero-order valence-electron chi connectivity index (χ0n) is 18.5. The smallest absolute Gasteiger partial charge is 0.407 e. The quantitative estimate of drug-likeness (QED) is 0.519. The summed E-state index contributed by atoms with van der Waals surface area (Å²) in [6.07, 6.45) is 1.31. The van der Waals surface area contributed by atoms with E-state index >= 15 is 0 Å². The fourth-order valence-electron chi connectivity index (χ4n) is 4.09. The molecule has 0 aliphatic heterocycles. The van der Waals surface area contributed by atoms with Gasteiger partial charge >= 0.3 is 12.1 Å². The van der Waals surface area contributed by atoms with Crippen LogP contribution >= 0.6 is 0 Å². The lowest BCUT2D eigenvalue weighted by Crippen LogP contribution is -2.44. The SMILES string of the molecule is CCCCC(NC(=O)C[C@H](C)NC(=O)OCC1c2ccccc2-c2ccccc21)C(=O)O. The van der Waals surface area contributed by atoms with Gasteiger partial charge in [0.1, 0.15) is 12.6 Å². The van der Waals surface area contributed by atoms with Gasteiger partial charge in [0.15, 0.2) is 0 Å². The second-order valence-electron chi connectivity index (χ2n) is 8.18. The molecule has 2 amide bonds. The molecule has 0 saturated carbocycles. The predicted octanol–water partition coefficient (Wildman–Crippen LogP) is 4.06. The number of rotatable bonds is 10. The van der Waals surface area contributed by atoms with E-state index in [1.54, 1.807) is 6.92 Å². The van der Waals surface area contributed by atoms with Gasteiger partial charge < -0.3 is 20.5 Å². The molecule has 2 aromatic rings. The highest BCUT2D eigenvalue weighted by Crippen LogP contribution is 2.44. The molecule has 1 aliphatic carbocycles.